The number of aromatic nitrogens is 4. The molecule has 8 heteroatoms. The van der Waals surface area contributed by atoms with Gasteiger partial charge in [0.2, 0.25) is 5.89 Å². The van der Waals surface area contributed by atoms with Crippen molar-refractivity contribution in [2.24, 2.45) is 0 Å². The van der Waals surface area contributed by atoms with Crippen LogP contribution in [0.15, 0.2) is 41.1 Å². The summed E-state index contributed by atoms with van der Waals surface area (Å²) in [6, 6.07) is 8.37. The van der Waals surface area contributed by atoms with Gasteiger partial charge in [-0.05, 0) is 49.4 Å². The van der Waals surface area contributed by atoms with Crippen LogP contribution in [-0.2, 0) is 25.9 Å². The van der Waals surface area contributed by atoms with Crippen molar-refractivity contribution in [3.8, 4) is 10.8 Å². The van der Waals surface area contributed by atoms with Crippen molar-refractivity contribution in [1.82, 2.24) is 29.4 Å². The third kappa shape index (κ3) is 4.03. The molecule has 0 atom stereocenters. The highest BCUT2D eigenvalue weighted by Gasteiger charge is 2.21. The fraction of sp³-hybridized carbons (Fsp3) is 0.435. The van der Waals surface area contributed by atoms with Gasteiger partial charge in [-0.2, -0.15) is 0 Å². The molecule has 160 valence electrons. The molecular formula is C23H26N6OS. The molecule has 4 aromatic rings. The molecule has 0 aromatic carbocycles. The molecule has 2 aliphatic rings. The van der Waals surface area contributed by atoms with Crippen LogP contribution in [0.1, 0.15) is 34.9 Å². The van der Waals surface area contributed by atoms with E-state index in [9.17, 15) is 0 Å². The van der Waals surface area contributed by atoms with Crippen molar-refractivity contribution < 1.29 is 4.42 Å². The highest BCUT2D eigenvalue weighted by molar-refractivity contribution is 7.15. The highest BCUT2D eigenvalue weighted by Crippen LogP contribution is 2.35. The van der Waals surface area contributed by atoms with Crippen LogP contribution in [-0.4, -0.2) is 55.6 Å². The summed E-state index contributed by atoms with van der Waals surface area (Å²) in [6.45, 7) is 5.65. The fourth-order valence-corrected chi connectivity index (χ4v) is 5.78. The first-order valence-electron chi connectivity index (χ1n) is 11.1. The monoisotopic (exact) mass is 434 g/mol. The summed E-state index contributed by atoms with van der Waals surface area (Å²) < 4.78 is 8.11. The van der Waals surface area contributed by atoms with Gasteiger partial charge in [-0.15, -0.1) is 21.5 Å². The Morgan fingerprint density at radius 3 is 2.65 bits per heavy atom. The number of thiophene rings is 1. The summed E-state index contributed by atoms with van der Waals surface area (Å²) in [5.41, 5.74) is 3.61. The third-order valence-corrected chi connectivity index (χ3v) is 7.52. The topological polar surface area (TPSA) is 62.7 Å². The van der Waals surface area contributed by atoms with Crippen LogP contribution < -0.4 is 0 Å². The first-order chi connectivity index (χ1) is 15.3. The van der Waals surface area contributed by atoms with Gasteiger partial charge in [0.25, 0.3) is 5.89 Å². The Labute approximate surface area is 185 Å². The number of pyridine rings is 1. The Morgan fingerprint density at radius 1 is 0.968 bits per heavy atom. The number of aryl methyl sites for hydroxylation is 2. The van der Waals surface area contributed by atoms with Gasteiger partial charge in [-0.3, -0.25) is 9.80 Å². The minimum absolute atomic E-state index is 0.680. The molecule has 7 nitrogen and oxygen atoms in total. The first kappa shape index (κ1) is 19.2. The molecule has 0 spiro atoms. The second-order valence-electron chi connectivity index (χ2n) is 8.52. The van der Waals surface area contributed by atoms with E-state index in [0.717, 1.165) is 61.4 Å². The predicted molar refractivity (Wildman–Crippen MR) is 120 cm³/mol. The molecule has 31 heavy (non-hydrogen) atoms. The predicted octanol–water partition coefficient (Wildman–Crippen LogP) is 3.64. The molecule has 6 rings (SSSR count). The van der Waals surface area contributed by atoms with E-state index in [1.807, 2.05) is 35.7 Å². The first-order valence-corrected chi connectivity index (χ1v) is 11.9. The molecule has 0 saturated carbocycles. The smallest absolute Gasteiger partial charge is 0.257 e. The quantitative estimate of drug-likeness (QED) is 0.478. The fourth-order valence-electron chi connectivity index (χ4n) is 4.60. The molecule has 0 bridgehead atoms. The van der Waals surface area contributed by atoms with E-state index in [1.165, 1.54) is 36.1 Å². The van der Waals surface area contributed by atoms with Crippen molar-refractivity contribution >= 4 is 17.0 Å². The van der Waals surface area contributed by atoms with E-state index in [4.69, 9.17) is 9.40 Å². The van der Waals surface area contributed by atoms with Gasteiger partial charge in [0.05, 0.1) is 17.1 Å². The number of nitrogens with zero attached hydrogens (tertiary/aromatic N) is 6. The van der Waals surface area contributed by atoms with Crippen molar-refractivity contribution in [2.45, 2.75) is 38.8 Å². The molecule has 1 fully saturated rings. The van der Waals surface area contributed by atoms with Gasteiger partial charge >= 0.3 is 0 Å². The third-order valence-electron chi connectivity index (χ3n) is 6.30. The largest absolute Gasteiger partial charge is 0.419 e. The van der Waals surface area contributed by atoms with Crippen LogP contribution in [0.2, 0.25) is 0 Å². The number of hydrogen-bond donors (Lipinski definition) is 0. The van der Waals surface area contributed by atoms with Gasteiger partial charge in [0, 0.05) is 50.0 Å². The SMILES string of the molecule is c1ccn2cc(CN3CCN(Cc4nnc(-c5cc6c(s5)CCCC6)o4)CC3)nc2c1. The molecule has 0 radical (unpaired) electrons. The van der Waals surface area contributed by atoms with Gasteiger partial charge in [-0.1, -0.05) is 6.07 Å². The van der Waals surface area contributed by atoms with Crippen molar-refractivity contribution in [3.05, 3.63) is 58.7 Å². The van der Waals surface area contributed by atoms with Crippen molar-refractivity contribution in [3.63, 3.8) is 0 Å². The Hall–Kier alpha value is -2.55. The number of rotatable bonds is 5. The maximum Gasteiger partial charge on any atom is 0.257 e. The Bertz CT molecular complexity index is 1130. The average Bonchev–Trinajstić information content (AvgIpc) is 3.52. The molecule has 0 N–H and O–H groups in total. The maximum absolute atomic E-state index is 6.03. The van der Waals surface area contributed by atoms with E-state index in [0.29, 0.717) is 5.89 Å². The lowest BCUT2D eigenvalue weighted by atomic mass is 9.99. The molecular weight excluding hydrogens is 408 g/mol. The summed E-state index contributed by atoms with van der Waals surface area (Å²) in [5.74, 6) is 1.40. The van der Waals surface area contributed by atoms with Crippen LogP contribution in [0.3, 0.4) is 0 Å². The molecule has 5 heterocycles. The average molecular weight is 435 g/mol. The standard InChI is InChI=1S/C23H26N6OS/c1-2-6-19-17(5-1)13-20(31-19)23-26-25-22(30-23)16-28-11-9-27(10-12-28)14-18-15-29-8-4-3-7-21(29)24-18/h3-4,7-8,13,15H,1-2,5-6,9-12,14,16H2. The van der Waals surface area contributed by atoms with Gasteiger partial charge < -0.3 is 8.82 Å². The van der Waals surface area contributed by atoms with Crippen LogP contribution in [0, 0.1) is 0 Å². The van der Waals surface area contributed by atoms with Gasteiger partial charge in [0.15, 0.2) is 0 Å². The molecule has 1 aliphatic heterocycles. The second kappa shape index (κ2) is 8.18. The minimum atomic E-state index is 0.680. The number of fused-ring (bicyclic) bond motifs is 2. The molecule has 1 saturated heterocycles. The Kier molecular flexibility index (Phi) is 5.06. The summed E-state index contributed by atoms with van der Waals surface area (Å²) in [6.07, 6.45) is 9.15. The van der Waals surface area contributed by atoms with Crippen LogP contribution in [0.5, 0.6) is 0 Å². The number of hydrogen-bond acceptors (Lipinski definition) is 7. The van der Waals surface area contributed by atoms with Gasteiger partial charge in [0.1, 0.15) is 5.65 Å². The van der Waals surface area contributed by atoms with Crippen molar-refractivity contribution in [1.29, 1.82) is 0 Å². The zero-order valence-electron chi connectivity index (χ0n) is 17.5. The second-order valence-corrected chi connectivity index (χ2v) is 9.65. The highest BCUT2D eigenvalue weighted by atomic mass is 32.1. The molecule has 1 aliphatic carbocycles. The van der Waals surface area contributed by atoms with E-state index in [1.54, 1.807) is 0 Å². The van der Waals surface area contributed by atoms with E-state index in [-0.39, 0.29) is 0 Å². The van der Waals surface area contributed by atoms with E-state index in [2.05, 4.69) is 36.7 Å². The zero-order chi connectivity index (χ0) is 20.6. The summed E-state index contributed by atoms with van der Waals surface area (Å²) >= 11 is 1.83. The molecule has 4 aromatic heterocycles. The van der Waals surface area contributed by atoms with Crippen LogP contribution >= 0.6 is 11.3 Å². The van der Waals surface area contributed by atoms with Gasteiger partial charge in [-0.25, -0.2) is 4.98 Å². The minimum Gasteiger partial charge on any atom is -0.419 e. The summed E-state index contributed by atoms with van der Waals surface area (Å²) in [5, 5.41) is 8.66. The number of imidazole rings is 1. The normalized spacial score (nSPS) is 17.9. The van der Waals surface area contributed by atoms with E-state index >= 15 is 0 Å². The lowest BCUT2D eigenvalue weighted by Gasteiger charge is -2.33. The zero-order valence-corrected chi connectivity index (χ0v) is 18.4. The lowest BCUT2D eigenvalue weighted by molar-refractivity contribution is 0.114. The summed E-state index contributed by atoms with van der Waals surface area (Å²) in [7, 11) is 0. The van der Waals surface area contributed by atoms with Crippen LogP contribution in [0.25, 0.3) is 16.4 Å². The molecule has 0 unspecified atom stereocenters. The summed E-state index contributed by atoms with van der Waals surface area (Å²) in [4.78, 5) is 12.2. The molecule has 0 amide bonds. The van der Waals surface area contributed by atoms with E-state index < -0.39 is 0 Å². The Morgan fingerprint density at radius 2 is 1.81 bits per heavy atom. The maximum atomic E-state index is 6.03. The lowest BCUT2D eigenvalue weighted by Crippen LogP contribution is -2.45. The van der Waals surface area contributed by atoms with Crippen LogP contribution in [0.4, 0.5) is 0 Å². The number of piperazine rings is 1. The van der Waals surface area contributed by atoms with Crippen molar-refractivity contribution in [2.75, 3.05) is 26.2 Å². The Balaban J connectivity index is 1.04.